The van der Waals surface area contributed by atoms with E-state index in [9.17, 15) is 0 Å². The zero-order valence-corrected chi connectivity index (χ0v) is 28.7. The van der Waals surface area contributed by atoms with Gasteiger partial charge in [-0.15, -0.1) is 11.3 Å². The van der Waals surface area contributed by atoms with Crippen molar-refractivity contribution < 1.29 is 0 Å². The van der Waals surface area contributed by atoms with Crippen LogP contribution in [0.3, 0.4) is 0 Å². The molecule has 0 saturated heterocycles. The number of nitrogens with zero attached hydrogens (tertiary/aromatic N) is 5. The minimum absolute atomic E-state index is 0.918. The summed E-state index contributed by atoms with van der Waals surface area (Å²) < 4.78 is 3.43. The highest BCUT2D eigenvalue weighted by Crippen LogP contribution is 2.50. The number of hydrogen-bond donors (Lipinski definition) is 0. The van der Waals surface area contributed by atoms with Crippen LogP contribution < -0.4 is 0 Å². The Bertz CT molecular complexity index is 2870. The third-order valence-corrected chi connectivity index (χ3v) is 10.9. The molecule has 0 fully saturated rings. The Balaban J connectivity index is 1.16. The molecule has 0 amide bonds. The van der Waals surface area contributed by atoms with Crippen LogP contribution in [-0.4, -0.2) is 24.5 Å². The first-order valence-electron chi connectivity index (χ1n) is 17.2. The van der Waals surface area contributed by atoms with E-state index in [1.54, 1.807) is 11.3 Å². The predicted molar refractivity (Wildman–Crippen MR) is 215 cm³/mol. The van der Waals surface area contributed by atoms with Crippen LogP contribution in [0.25, 0.3) is 93.0 Å². The smallest absolute Gasteiger partial charge is 0.145 e. The maximum Gasteiger partial charge on any atom is 0.145 e. The van der Waals surface area contributed by atoms with Crippen LogP contribution in [0.15, 0.2) is 176 Å². The molecule has 244 valence electrons. The molecule has 10 rings (SSSR count). The molecule has 0 aliphatic rings. The van der Waals surface area contributed by atoms with E-state index in [1.165, 1.54) is 4.70 Å². The molecule has 5 aromatic carbocycles. The first-order chi connectivity index (χ1) is 25.8. The summed E-state index contributed by atoms with van der Waals surface area (Å²) in [5, 5.41) is 2.25. The Morgan fingerprint density at radius 3 is 1.88 bits per heavy atom. The summed E-state index contributed by atoms with van der Waals surface area (Å²) >= 11 is 1.80. The maximum absolute atomic E-state index is 5.37. The van der Waals surface area contributed by atoms with Gasteiger partial charge in [0.15, 0.2) is 0 Å². The van der Waals surface area contributed by atoms with Crippen LogP contribution in [0.4, 0.5) is 0 Å². The third kappa shape index (κ3) is 5.08. The number of hydrogen-bond acceptors (Lipinski definition) is 5. The number of rotatable bonds is 6. The van der Waals surface area contributed by atoms with Crippen LogP contribution in [0.1, 0.15) is 0 Å². The van der Waals surface area contributed by atoms with Crippen molar-refractivity contribution in [3.8, 4) is 61.0 Å². The van der Waals surface area contributed by atoms with Crippen LogP contribution in [-0.2, 0) is 0 Å². The molecule has 0 N–H and O–H groups in total. The van der Waals surface area contributed by atoms with Gasteiger partial charge in [0, 0.05) is 78.6 Å². The summed E-state index contributed by atoms with van der Waals surface area (Å²) in [4.78, 5) is 20.6. The van der Waals surface area contributed by atoms with Gasteiger partial charge in [-0.05, 0) is 59.7 Å². The van der Waals surface area contributed by atoms with Crippen molar-refractivity contribution in [1.82, 2.24) is 24.5 Å². The second-order valence-corrected chi connectivity index (χ2v) is 13.7. The number of para-hydroxylation sites is 3. The van der Waals surface area contributed by atoms with E-state index < -0.39 is 0 Å². The van der Waals surface area contributed by atoms with Gasteiger partial charge < -0.3 is 0 Å². The van der Waals surface area contributed by atoms with Crippen molar-refractivity contribution in [3.63, 3.8) is 0 Å². The van der Waals surface area contributed by atoms with E-state index >= 15 is 0 Å². The van der Waals surface area contributed by atoms with Crippen molar-refractivity contribution in [3.05, 3.63) is 176 Å². The monoisotopic (exact) mass is 683 g/mol. The quantitative estimate of drug-likeness (QED) is 0.175. The van der Waals surface area contributed by atoms with Crippen molar-refractivity contribution in [2.24, 2.45) is 0 Å². The normalized spacial score (nSPS) is 11.5. The van der Waals surface area contributed by atoms with Gasteiger partial charge in [0.05, 0.1) is 22.2 Å². The molecule has 0 saturated carbocycles. The summed E-state index contributed by atoms with van der Waals surface area (Å²) in [6, 6.07) is 52.9. The van der Waals surface area contributed by atoms with Crippen LogP contribution >= 0.6 is 11.3 Å². The molecule has 0 spiro atoms. The molecular weight excluding hydrogens is 655 g/mol. The van der Waals surface area contributed by atoms with Crippen molar-refractivity contribution in [2.75, 3.05) is 0 Å². The number of pyridine rings is 3. The molecule has 0 aliphatic heterocycles. The van der Waals surface area contributed by atoms with E-state index in [0.29, 0.717) is 0 Å². The minimum Gasteiger partial charge on any atom is -0.292 e. The molecule has 10 aromatic rings. The minimum atomic E-state index is 0.918. The van der Waals surface area contributed by atoms with Crippen molar-refractivity contribution in [2.45, 2.75) is 0 Å². The highest BCUT2D eigenvalue weighted by Gasteiger charge is 2.23. The highest BCUT2D eigenvalue weighted by atomic mass is 32.1. The zero-order valence-electron chi connectivity index (χ0n) is 27.9. The lowest BCUT2D eigenvalue weighted by Crippen LogP contribution is -1.97. The van der Waals surface area contributed by atoms with E-state index in [0.717, 1.165) is 88.3 Å². The second kappa shape index (κ2) is 12.5. The first-order valence-corrected chi connectivity index (χ1v) is 18.0. The van der Waals surface area contributed by atoms with Crippen LogP contribution in [0.2, 0.25) is 0 Å². The standard InChI is InChI=1S/C46H29N5S/c1-3-11-31(12-4-1)43-42-41(34-13-9-25-47-28-34)44(35-14-10-26-48-29-35)52-45(42)37-27-33(23-24-38(37)49-43)30-19-21-32(22-20-30)46-50-39-17-7-8-18-40(39)51(46)36-15-5-2-6-16-36/h1-29H. The van der Waals surface area contributed by atoms with Gasteiger partial charge >= 0.3 is 0 Å². The molecule has 0 unspecified atom stereocenters. The van der Waals surface area contributed by atoms with Gasteiger partial charge in [-0.3, -0.25) is 14.5 Å². The topological polar surface area (TPSA) is 56.5 Å². The van der Waals surface area contributed by atoms with Crippen LogP contribution in [0.5, 0.6) is 0 Å². The van der Waals surface area contributed by atoms with Crippen molar-refractivity contribution >= 4 is 43.4 Å². The Morgan fingerprint density at radius 2 is 1.13 bits per heavy atom. The van der Waals surface area contributed by atoms with E-state index in [-0.39, 0.29) is 0 Å². The maximum atomic E-state index is 5.37. The Morgan fingerprint density at radius 1 is 0.481 bits per heavy atom. The Kier molecular flexibility index (Phi) is 7.25. The van der Waals surface area contributed by atoms with Gasteiger partial charge in [-0.1, -0.05) is 103 Å². The van der Waals surface area contributed by atoms with E-state index in [2.05, 4.69) is 136 Å². The molecular formula is C46H29N5S. The van der Waals surface area contributed by atoms with Gasteiger partial charge in [0.1, 0.15) is 5.82 Å². The lowest BCUT2D eigenvalue weighted by molar-refractivity contribution is 1.10. The predicted octanol–water partition coefficient (Wildman–Crippen LogP) is 11.9. The van der Waals surface area contributed by atoms with Crippen molar-refractivity contribution in [1.29, 1.82) is 0 Å². The molecule has 52 heavy (non-hydrogen) atoms. The molecule has 0 radical (unpaired) electrons. The summed E-state index contributed by atoms with van der Waals surface area (Å²) in [6.45, 7) is 0. The Hall–Kier alpha value is -6.76. The molecule has 0 bridgehead atoms. The molecule has 0 aliphatic carbocycles. The van der Waals surface area contributed by atoms with Gasteiger partial charge in [-0.2, -0.15) is 0 Å². The summed E-state index contributed by atoms with van der Waals surface area (Å²) in [5.41, 5.74) is 12.7. The third-order valence-electron chi connectivity index (χ3n) is 9.59. The first kappa shape index (κ1) is 30.1. The lowest BCUT2D eigenvalue weighted by atomic mass is 9.95. The fourth-order valence-electron chi connectivity index (χ4n) is 7.18. The number of benzene rings is 5. The average molecular weight is 684 g/mol. The van der Waals surface area contributed by atoms with E-state index in [4.69, 9.17) is 9.97 Å². The fourth-order valence-corrected chi connectivity index (χ4v) is 8.52. The van der Waals surface area contributed by atoms with Crippen LogP contribution in [0, 0.1) is 0 Å². The number of fused-ring (bicyclic) bond motifs is 4. The number of aromatic nitrogens is 5. The summed E-state index contributed by atoms with van der Waals surface area (Å²) in [5.74, 6) is 0.918. The molecule has 5 heterocycles. The summed E-state index contributed by atoms with van der Waals surface area (Å²) in [7, 11) is 0. The molecule has 5 nitrogen and oxygen atoms in total. The zero-order chi connectivity index (χ0) is 34.4. The van der Waals surface area contributed by atoms with Gasteiger partial charge in [0.25, 0.3) is 0 Å². The average Bonchev–Trinajstić information content (AvgIpc) is 3.82. The second-order valence-electron chi connectivity index (χ2n) is 12.7. The van der Waals surface area contributed by atoms with E-state index in [1.807, 2.05) is 55.1 Å². The number of thiophene rings is 1. The van der Waals surface area contributed by atoms with Gasteiger partial charge in [-0.25, -0.2) is 9.97 Å². The number of imidazole rings is 1. The molecule has 6 heteroatoms. The Labute approximate surface area is 304 Å². The molecule has 5 aromatic heterocycles. The lowest BCUT2D eigenvalue weighted by Gasteiger charge is -2.12. The summed E-state index contributed by atoms with van der Waals surface area (Å²) in [6.07, 6.45) is 7.54. The fraction of sp³-hybridized carbons (Fsp3) is 0. The SMILES string of the molecule is c1ccc(-c2nc3ccc(-c4ccc(-c5nc6ccccc6n5-c5ccccc5)cc4)cc3c3sc(-c4cccnc4)c(-c4cccnc4)c23)cc1. The molecule has 0 atom stereocenters. The highest BCUT2D eigenvalue weighted by molar-refractivity contribution is 7.24. The van der Waals surface area contributed by atoms with Gasteiger partial charge in [0.2, 0.25) is 0 Å². The largest absolute Gasteiger partial charge is 0.292 e.